The number of carbonyl (C=O) groups is 4. The molecule has 14 nitrogen and oxygen atoms in total. The van der Waals surface area contributed by atoms with Crippen LogP contribution < -0.4 is 10.6 Å². The Morgan fingerprint density at radius 3 is 2.05 bits per heavy atom. The third kappa shape index (κ3) is 9.28. The van der Waals surface area contributed by atoms with Gasteiger partial charge in [0.15, 0.2) is 0 Å². The van der Waals surface area contributed by atoms with Crippen LogP contribution in [0.3, 0.4) is 0 Å². The normalized spacial score (nSPS) is 20.4. The Labute approximate surface area is 388 Å². The van der Waals surface area contributed by atoms with Crippen LogP contribution in [0.4, 0.5) is 9.59 Å². The topological polar surface area (TPSA) is 175 Å². The maximum atomic E-state index is 14.0. The molecule has 5 aromatic rings. The lowest BCUT2D eigenvalue weighted by molar-refractivity contribution is -0.136. The van der Waals surface area contributed by atoms with Gasteiger partial charge in [0, 0.05) is 18.7 Å². The Balaban J connectivity index is 1.04. The number of aromatic nitrogens is 4. The molecule has 2 saturated heterocycles. The molecule has 350 valence electrons. The van der Waals surface area contributed by atoms with E-state index < -0.39 is 24.3 Å². The fourth-order valence-electron chi connectivity index (χ4n) is 10.7. The summed E-state index contributed by atoms with van der Waals surface area (Å²) >= 11 is 0. The zero-order valence-corrected chi connectivity index (χ0v) is 39.7. The Morgan fingerprint density at radius 1 is 0.742 bits per heavy atom. The molecule has 8 rings (SSSR count). The summed E-state index contributed by atoms with van der Waals surface area (Å²) in [6, 6.07) is 17.8. The highest BCUT2D eigenvalue weighted by atomic mass is 16.5. The average Bonchev–Trinajstić information content (AvgIpc) is 4.16. The van der Waals surface area contributed by atoms with E-state index in [2.05, 4.69) is 83.0 Å². The minimum absolute atomic E-state index is 0.105. The monoisotopic (exact) mass is 899 g/mol. The first-order valence-corrected chi connectivity index (χ1v) is 23.9. The number of hydrogen-bond donors (Lipinski definition) is 4. The van der Waals surface area contributed by atoms with Gasteiger partial charge in [-0.1, -0.05) is 84.0 Å². The predicted molar refractivity (Wildman–Crippen MR) is 256 cm³/mol. The molecule has 0 saturated carbocycles. The van der Waals surface area contributed by atoms with Crippen molar-refractivity contribution < 1.29 is 28.7 Å². The number of H-pyrrole nitrogens is 2. The number of nitrogens with zero attached hydrogens (tertiary/aromatic N) is 4. The third-order valence-corrected chi connectivity index (χ3v) is 14.1. The van der Waals surface area contributed by atoms with E-state index in [-0.39, 0.29) is 35.7 Å². The van der Waals surface area contributed by atoms with E-state index in [0.29, 0.717) is 31.3 Å². The lowest BCUT2D eigenvalue weighted by Crippen LogP contribution is -2.51. The van der Waals surface area contributed by atoms with Crippen molar-refractivity contribution in [1.29, 1.82) is 0 Å². The molecule has 4 N–H and O–H groups in total. The molecule has 2 fully saturated rings. The lowest BCUT2D eigenvalue weighted by atomic mass is 9.71. The molecule has 4 heterocycles. The summed E-state index contributed by atoms with van der Waals surface area (Å²) in [5, 5.41) is 5.51. The van der Waals surface area contributed by atoms with Gasteiger partial charge >= 0.3 is 12.2 Å². The van der Waals surface area contributed by atoms with E-state index in [1.807, 2.05) is 49.8 Å². The Bertz CT molecular complexity index is 2560. The van der Waals surface area contributed by atoms with E-state index in [0.717, 1.165) is 84.4 Å². The van der Waals surface area contributed by atoms with Gasteiger partial charge in [-0.15, -0.1) is 0 Å². The number of fused-ring (bicyclic) bond motifs is 2. The van der Waals surface area contributed by atoms with E-state index in [9.17, 15) is 19.2 Å². The smallest absolute Gasteiger partial charge is 0.407 e. The van der Waals surface area contributed by atoms with Crippen molar-refractivity contribution >= 4 is 35.0 Å². The van der Waals surface area contributed by atoms with E-state index in [1.165, 1.54) is 42.0 Å². The number of imidazole rings is 2. The van der Waals surface area contributed by atoms with Crippen LogP contribution in [0.15, 0.2) is 60.8 Å². The fourth-order valence-corrected chi connectivity index (χ4v) is 10.7. The van der Waals surface area contributed by atoms with Crippen LogP contribution in [-0.2, 0) is 19.1 Å². The number of amides is 4. The second-order valence-corrected chi connectivity index (χ2v) is 19.2. The summed E-state index contributed by atoms with van der Waals surface area (Å²) in [7, 11) is 2.62. The van der Waals surface area contributed by atoms with Crippen LogP contribution in [0.5, 0.6) is 0 Å². The first-order valence-electron chi connectivity index (χ1n) is 23.9. The number of ether oxygens (including phenoxy) is 2. The molecule has 0 radical (unpaired) electrons. The highest BCUT2D eigenvalue weighted by molar-refractivity contribution is 5.88. The molecule has 3 aliphatic rings. The Morgan fingerprint density at radius 2 is 1.38 bits per heavy atom. The predicted octanol–water partition coefficient (Wildman–Crippen LogP) is 10.2. The number of rotatable bonds is 13. The average molecular weight is 899 g/mol. The summed E-state index contributed by atoms with van der Waals surface area (Å²) in [6.45, 7) is 13.7. The lowest BCUT2D eigenvalue weighted by Gasteiger charge is -2.33. The highest BCUT2D eigenvalue weighted by Crippen LogP contribution is 2.49. The van der Waals surface area contributed by atoms with Gasteiger partial charge in [-0.25, -0.2) is 19.6 Å². The number of hydrogen-bond acceptors (Lipinski definition) is 8. The molecule has 4 amide bonds. The van der Waals surface area contributed by atoms with Gasteiger partial charge in [-0.2, -0.15) is 0 Å². The number of likely N-dealkylation sites (tertiary alicyclic amines) is 2. The number of aromatic amines is 2. The number of benzene rings is 3. The van der Waals surface area contributed by atoms with Crippen molar-refractivity contribution in [3.8, 4) is 33.5 Å². The third-order valence-electron chi connectivity index (χ3n) is 14.1. The minimum atomic E-state index is -0.692. The maximum absolute atomic E-state index is 14.0. The van der Waals surface area contributed by atoms with Crippen molar-refractivity contribution in [3.05, 3.63) is 83.6 Å². The number of alkyl carbamates (subject to hydrolysis) is 2. The molecule has 2 aliphatic heterocycles. The summed E-state index contributed by atoms with van der Waals surface area (Å²) < 4.78 is 9.67. The van der Waals surface area contributed by atoms with E-state index in [1.54, 1.807) is 0 Å². The standard InChI is InChI=1S/C52H66N8O6/c1-9-32-15-14-31(6)44-36(21-22-37(45(32)44)41-28-53-47(56-41)42-12-10-24-59(42)49(61)40(26-29(2)3)57-51(63)65-7)34-18-16-33(17-19-34)35-20-23-38-39(27-35)55-48(54-38)43-13-11-25-60(43)50(62)46(30(4)5)58-52(64)66-8/h16-23,27-32,40,42-43,46H,9-15,24-26H2,1-8H3,(H,53,56)(H,54,55)(H,57,63)(H,58,64). The number of methoxy groups -OCH3 is 2. The van der Waals surface area contributed by atoms with E-state index >= 15 is 0 Å². The van der Waals surface area contributed by atoms with Gasteiger partial charge in [0.05, 0.1) is 49.2 Å². The van der Waals surface area contributed by atoms with Crippen molar-refractivity contribution in [2.75, 3.05) is 27.3 Å². The van der Waals surface area contributed by atoms with Crippen LogP contribution in [-0.4, -0.2) is 93.1 Å². The van der Waals surface area contributed by atoms with Crippen LogP contribution >= 0.6 is 0 Å². The molecule has 2 aromatic heterocycles. The van der Waals surface area contributed by atoms with Crippen LogP contribution in [0.2, 0.25) is 0 Å². The molecule has 1 aliphatic carbocycles. The zero-order chi connectivity index (χ0) is 46.8. The summed E-state index contributed by atoms with van der Waals surface area (Å²) in [5.41, 5.74) is 11.2. The van der Waals surface area contributed by atoms with Gasteiger partial charge in [0.25, 0.3) is 0 Å². The number of carbonyl (C=O) groups excluding carboxylic acids is 4. The van der Waals surface area contributed by atoms with Crippen molar-refractivity contribution in [3.63, 3.8) is 0 Å². The SMILES string of the molecule is CCC1CCC(C)c2c(-c3ccc(-c4ccc5nc(C6CCCN6C(=O)C(NC(=O)OC)C(C)C)[nH]c5c4)cc3)ccc(-c3cnc(C4CCCN4C(=O)C(CC(C)C)NC(=O)OC)[nH]3)c21. The largest absolute Gasteiger partial charge is 0.453 e. The second kappa shape index (κ2) is 19.7. The zero-order valence-electron chi connectivity index (χ0n) is 39.7. The quantitative estimate of drug-likeness (QED) is 0.0903. The van der Waals surface area contributed by atoms with Crippen LogP contribution in [0, 0.1) is 11.8 Å². The van der Waals surface area contributed by atoms with Gasteiger partial charge < -0.3 is 39.9 Å². The molecule has 3 aromatic carbocycles. The van der Waals surface area contributed by atoms with Crippen molar-refractivity contribution in [1.82, 2.24) is 40.4 Å². The van der Waals surface area contributed by atoms with Gasteiger partial charge in [0.1, 0.15) is 23.7 Å². The minimum Gasteiger partial charge on any atom is -0.453 e. The Kier molecular flexibility index (Phi) is 13.9. The van der Waals surface area contributed by atoms with Gasteiger partial charge in [-0.3, -0.25) is 9.59 Å². The van der Waals surface area contributed by atoms with Crippen molar-refractivity contribution in [2.24, 2.45) is 11.8 Å². The highest BCUT2D eigenvalue weighted by Gasteiger charge is 2.39. The first kappa shape index (κ1) is 46.4. The van der Waals surface area contributed by atoms with Gasteiger partial charge in [-0.05, 0) is 121 Å². The molecule has 0 spiro atoms. The first-order chi connectivity index (χ1) is 31.8. The summed E-state index contributed by atoms with van der Waals surface area (Å²) in [5.74, 6) is 2.15. The molecular weight excluding hydrogens is 833 g/mol. The molecule has 66 heavy (non-hydrogen) atoms. The van der Waals surface area contributed by atoms with Crippen LogP contribution in [0.1, 0.15) is 140 Å². The molecule has 14 heteroatoms. The summed E-state index contributed by atoms with van der Waals surface area (Å²) in [4.78, 5) is 72.8. The second-order valence-electron chi connectivity index (χ2n) is 19.2. The van der Waals surface area contributed by atoms with Crippen molar-refractivity contribution in [2.45, 2.75) is 129 Å². The Hall–Kier alpha value is -6.18. The number of nitrogens with one attached hydrogen (secondary N) is 4. The molecule has 6 atom stereocenters. The maximum Gasteiger partial charge on any atom is 0.407 e. The van der Waals surface area contributed by atoms with E-state index in [4.69, 9.17) is 19.4 Å². The van der Waals surface area contributed by atoms with Gasteiger partial charge in [0.2, 0.25) is 11.8 Å². The fraction of sp³-hybridized carbons (Fsp3) is 0.500. The molecule has 6 unspecified atom stereocenters. The molecule has 0 bridgehead atoms. The summed E-state index contributed by atoms with van der Waals surface area (Å²) in [6.07, 6.45) is 7.79. The molecular formula is C52H66N8O6. The van der Waals surface area contributed by atoms with Crippen LogP contribution in [0.25, 0.3) is 44.5 Å².